The monoisotopic (exact) mass is 621 g/mol. The van der Waals surface area contributed by atoms with Crippen LogP contribution in [-0.4, -0.2) is 70.0 Å². The van der Waals surface area contributed by atoms with E-state index in [1.807, 2.05) is 4.90 Å². The number of sulfonamides is 2. The van der Waals surface area contributed by atoms with Crippen LogP contribution in [0.3, 0.4) is 0 Å². The fourth-order valence-corrected chi connectivity index (χ4v) is 6.84. The van der Waals surface area contributed by atoms with E-state index in [2.05, 4.69) is 16.7 Å². The predicted octanol–water partition coefficient (Wildman–Crippen LogP) is 3.09. The first-order valence-electron chi connectivity index (χ1n) is 13.1. The van der Waals surface area contributed by atoms with Crippen molar-refractivity contribution in [2.75, 3.05) is 48.7 Å². The van der Waals surface area contributed by atoms with Crippen molar-refractivity contribution in [3.05, 3.63) is 75.7 Å². The Kier molecular flexibility index (Phi) is 8.07. The van der Waals surface area contributed by atoms with Crippen molar-refractivity contribution in [2.45, 2.75) is 25.5 Å². The zero-order valence-electron chi connectivity index (χ0n) is 22.8. The van der Waals surface area contributed by atoms with Crippen molar-refractivity contribution < 1.29 is 21.6 Å². The summed E-state index contributed by atoms with van der Waals surface area (Å²) in [5.74, 6) is -0.0247. The predicted molar refractivity (Wildman–Crippen MR) is 159 cm³/mol. The molecule has 2 heterocycles. The molecule has 220 valence electrons. The Balaban J connectivity index is 1.31. The maximum atomic E-state index is 13.6. The van der Waals surface area contributed by atoms with Crippen LogP contribution in [-0.2, 0) is 25.8 Å². The van der Waals surface area contributed by atoms with Crippen molar-refractivity contribution in [1.82, 2.24) is 14.1 Å². The molecule has 5 rings (SSSR count). The number of aromatic nitrogens is 2. The molecule has 1 aliphatic heterocycles. The molecule has 0 spiro atoms. The van der Waals surface area contributed by atoms with Gasteiger partial charge in [-0.3, -0.25) is 9.52 Å². The summed E-state index contributed by atoms with van der Waals surface area (Å²) < 4.78 is 60.4. The topological polar surface area (TPSA) is 131 Å². The maximum Gasteiger partial charge on any atom is 0.316 e. The number of hydrogen-bond donors (Lipinski definition) is 1. The maximum absolute atomic E-state index is 13.6. The van der Waals surface area contributed by atoms with Crippen LogP contribution in [0.5, 0.6) is 5.75 Å². The molecule has 0 unspecified atom stereocenters. The third-order valence-electron chi connectivity index (χ3n) is 7.22. The largest absolute Gasteiger partial charge is 0.486 e. The molecule has 3 aromatic rings. The highest BCUT2D eigenvalue weighted by Crippen LogP contribution is 2.45. The third-order valence-corrected chi connectivity index (χ3v) is 9.91. The number of hydrogen-bond acceptors (Lipinski definition) is 8. The van der Waals surface area contributed by atoms with Gasteiger partial charge in [-0.15, -0.1) is 0 Å². The van der Waals surface area contributed by atoms with Gasteiger partial charge in [-0.25, -0.2) is 16.8 Å². The number of ether oxygens (including phenoxy) is 1. The second-order valence-corrected chi connectivity index (χ2v) is 15.0. The van der Waals surface area contributed by atoms with E-state index in [0.29, 0.717) is 47.3 Å². The fourth-order valence-electron chi connectivity index (χ4n) is 4.58. The average Bonchev–Trinajstić information content (AvgIpc) is 3.65. The Morgan fingerprint density at radius 2 is 1.71 bits per heavy atom. The second-order valence-electron chi connectivity index (χ2n) is 10.9. The quantitative estimate of drug-likeness (QED) is 0.365. The number of anilines is 2. The average molecular weight is 622 g/mol. The highest BCUT2D eigenvalue weighted by molar-refractivity contribution is 7.92. The summed E-state index contributed by atoms with van der Waals surface area (Å²) in [6, 6.07) is 13.1. The smallest absolute Gasteiger partial charge is 0.316 e. The summed E-state index contributed by atoms with van der Waals surface area (Å²) in [5.41, 5.74) is 1.60. The van der Waals surface area contributed by atoms with E-state index in [0.717, 1.165) is 19.1 Å². The van der Waals surface area contributed by atoms with Crippen LogP contribution >= 0.6 is 11.6 Å². The Bertz CT molecular complexity index is 1700. The van der Waals surface area contributed by atoms with Crippen LogP contribution in [0.4, 0.5) is 11.4 Å². The zero-order valence-corrected chi connectivity index (χ0v) is 25.2. The molecule has 1 aromatic heterocycles. The summed E-state index contributed by atoms with van der Waals surface area (Å²) in [4.78, 5) is 15.5. The fraction of sp³-hybridized carbons (Fsp3) is 0.407. The number of halogens is 1. The van der Waals surface area contributed by atoms with Gasteiger partial charge in [0.2, 0.25) is 25.8 Å². The Hall–Kier alpha value is -3.13. The van der Waals surface area contributed by atoms with Crippen LogP contribution in [0.15, 0.2) is 59.5 Å². The van der Waals surface area contributed by atoms with E-state index in [9.17, 15) is 21.6 Å². The van der Waals surface area contributed by atoms with Gasteiger partial charge in [0.05, 0.1) is 30.5 Å². The first-order chi connectivity index (χ1) is 19.3. The van der Waals surface area contributed by atoms with Crippen LogP contribution in [0, 0.1) is 5.41 Å². The van der Waals surface area contributed by atoms with Crippen LogP contribution < -0.4 is 19.9 Å². The molecule has 14 heteroatoms. The highest BCUT2D eigenvalue weighted by atomic mass is 35.5. The van der Waals surface area contributed by atoms with Gasteiger partial charge in [-0.2, -0.15) is 14.1 Å². The Morgan fingerprint density at radius 3 is 2.32 bits per heavy atom. The third kappa shape index (κ3) is 7.21. The lowest BCUT2D eigenvalue weighted by atomic mass is 10.2. The van der Waals surface area contributed by atoms with Crippen molar-refractivity contribution in [1.29, 1.82) is 0 Å². The molecule has 0 amide bonds. The highest BCUT2D eigenvalue weighted by Gasteiger charge is 2.39. The molecule has 0 bridgehead atoms. The van der Waals surface area contributed by atoms with Gasteiger partial charge in [0.1, 0.15) is 5.69 Å². The van der Waals surface area contributed by atoms with Crippen molar-refractivity contribution in [3.63, 3.8) is 0 Å². The molecule has 2 fully saturated rings. The summed E-state index contributed by atoms with van der Waals surface area (Å²) >= 11 is 6.14. The van der Waals surface area contributed by atoms with Crippen LogP contribution in [0.1, 0.15) is 25.3 Å². The minimum absolute atomic E-state index is 0.0414. The SMILES string of the molecule is CC1(COc2c(N3CCN(S(=O)(=O)Cc4ccc(NS(C)(=O)=O)cc4)CC3)cnn(-c3cccc(Cl)c3)c2=O)CC1. The van der Waals surface area contributed by atoms with Crippen LogP contribution in [0.25, 0.3) is 5.69 Å². The van der Waals surface area contributed by atoms with Crippen LogP contribution in [0.2, 0.25) is 5.02 Å². The molecular formula is C27H32ClN5O6S2. The lowest BCUT2D eigenvalue weighted by Crippen LogP contribution is -2.49. The summed E-state index contributed by atoms with van der Waals surface area (Å²) in [6.07, 6.45) is 4.70. The number of nitrogens with zero attached hydrogens (tertiary/aromatic N) is 4. The van der Waals surface area contributed by atoms with Gasteiger partial charge >= 0.3 is 5.56 Å². The van der Waals surface area contributed by atoms with Crippen molar-refractivity contribution in [2.24, 2.45) is 5.41 Å². The van der Waals surface area contributed by atoms with E-state index in [-0.39, 0.29) is 30.0 Å². The molecule has 1 N–H and O–H groups in total. The Labute approximate surface area is 244 Å². The lowest BCUT2D eigenvalue weighted by molar-refractivity contribution is 0.242. The first kappa shape index (κ1) is 29.4. The van der Waals surface area contributed by atoms with E-state index in [1.165, 1.54) is 21.1 Å². The van der Waals surface area contributed by atoms with Crippen molar-refractivity contribution in [3.8, 4) is 11.4 Å². The van der Waals surface area contributed by atoms with E-state index in [1.54, 1.807) is 42.6 Å². The van der Waals surface area contributed by atoms with Gasteiger partial charge in [-0.05, 0) is 48.7 Å². The number of nitrogens with one attached hydrogen (secondary N) is 1. The van der Waals surface area contributed by atoms with Gasteiger partial charge in [0.15, 0.2) is 0 Å². The zero-order chi connectivity index (χ0) is 29.4. The lowest BCUT2D eigenvalue weighted by Gasteiger charge is -2.35. The molecule has 41 heavy (non-hydrogen) atoms. The molecule has 2 aliphatic rings. The van der Waals surface area contributed by atoms with E-state index < -0.39 is 25.6 Å². The molecule has 1 saturated carbocycles. The molecule has 11 nitrogen and oxygen atoms in total. The molecule has 1 aliphatic carbocycles. The molecule has 0 atom stereocenters. The Morgan fingerprint density at radius 1 is 1.02 bits per heavy atom. The normalized spacial score (nSPS) is 17.3. The number of rotatable bonds is 10. The summed E-state index contributed by atoms with van der Waals surface area (Å²) in [6.45, 7) is 3.68. The summed E-state index contributed by atoms with van der Waals surface area (Å²) in [5, 5.41) is 4.87. The molecule has 0 radical (unpaired) electrons. The van der Waals surface area contributed by atoms with Crippen molar-refractivity contribution >= 4 is 43.0 Å². The van der Waals surface area contributed by atoms with E-state index >= 15 is 0 Å². The molecular weight excluding hydrogens is 590 g/mol. The van der Waals surface area contributed by atoms with Gasteiger partial charge in [0.25, 0.3) is 0 Å². The number of piperazine rings is 1. The van der Waals surface area contributed by atoms with E-state index in [4.69, 9.17) is 16.3 Å². The minimum atomic E-state index is -3.63. The minimum Gasteiger partial charge on any atom is -0.486 e. The first-order valence-corrected chi connectivity index (χ1v) is 17.0. The van der Waals surface area contributed by atoms with Gasteiger partial charge in [0, 0.05) is 42.3 Å². The standard InChI is InChI=1S/C27H32ClN5O6S2/c1-27(10-11-27)19-39-25-24(17-29-33(26(25)34)23-5-3-4-21(28)16-23)31-12-14-32(15-13-31)41(37,38)18-20-6-8-22(9-7-20)30-40(2,35)36/h3-9,16-17,30H,10-15,18-19H2,1-2H3. The number of benzene rings is 2. The van der Waals surface area contributed by atoms with Gasteiger partial charge < -0.3 is 9.64 Å². The van der Waals surface area contributed by atoms with Gasteiger partial charge in [-0.1, -0.05) is 36.7 Å². The summed E-state index contributed by atoms with van der Waals surface area (Å²) in [7, 11) is -7.06. The molecule has 1 saturated heterocycles. The second kappa shape index (κ2) is 11.3. The molecule has 2 aromatic carbocycles.